The summed E-state index contributed by atoms with van der Waals surface area (Å²) in [5.41, 5.74) is 1.20. The number of unbranched alkanes of at least 4 members (excludes halogenated alkanes) is 2. The summed E-state index contributed by atoms with van der Waals surface area (Å²) in [6.07, 6.45) is 17.0. The van der Waals surface area contributed by atoms with Crippen LogP contribution in [0.3, 0.4) is 0 Å². The third-order valence-electron chi connectivity index (χ3n) is 8.40. The number of amides is 1. The maximum atomic E-state index is 15.9. The first-order valence-electron chi connectivity index (χ1n) is 19.1. The van der Waals surface area contributed by atoms with Gasteiger partial charge in [-0.25, -0.2) is 4.39 Å². The van der Waals surface area contributed by atoms with Crippen molar-refractivity contribution in [2.45, 2.75) is 99.5 Å². The number of carbonyl (C=O) groups is 2. The summed E-state index contributed by atoms with van der Waals surface area (Å²) in [7, 11) is 1.19. The molecule has 0 saturated carbocycles. The van der Waals surface area contributed by atoms with E-state index in [1.54, 1.807) is 25.3 Å². The molecule has 0 saturated heterocycles. The van der Waals surface area contributed by atoms with Crippen molar-refractivity contribution in [1.29, 1.82) is 0 Å². The Labute approximate surface area is 317 Å². The van der Waals surface area contributed by atoms with Crippen molar-refractivity contribution in [1.82, 2.24) is 10.6 Å². The van der Waals surface area contributed by atoms with Crippen LogP contribution in [0.25, 0.3) is 10.8 Å². The Kier molecular flexibility index (Phi) is 23.7. The van der Waals surface area contributed by atoms with E-state index in [0.717, 1.165) is 36.5 Å². The van der Waals surface area contributed by atoms with Crippen LogP contribution in [-0.4, -0.2) is 56.2 Å². The van der Waals surface area contributed by atoms with Gasteiger partial charge in [0, 0.05) is 24.9 Å². The molecule has 2 aliphatic heterocycles. The smallest absolute Gasteiger partial charge is 0.256 e. The van der Waals surface area contributed by atoms with E-state index in [1.807, 2.05) is 62.1 Å². The van der Waals surface area contributed by atoms with Crippen LogP contribution in [0.2, 0.25) is 0 Å². The number of aliphatic hydroxyl groups excluding tert-OH is 1. The molecule has 292 valence electrons. The van der Waals surface area contributed by atoms with Gasteiger partial charge in [0.25, 0.3) is 5.91 Å². The molecule has 4 rings (SSSR count). The SMILES string of the molecule is C/C=C\CO.CC.CC/C=C/CCN/C1=C(F)/C=C2\CN(C=C(C(=O)NCCC(C)CCCCC)C2=O)c2cc3ccccc3cc2OC1C.CN=O. The van der Waals surface area contributed by atoms with Crippen molar-refractivity contribution in [2.75, 3.05) is 38.2 Å². The number of aliphatic hydroxyl groups is 1. The minimum absolute atomic E-state index is 0.00382. The zero-order valence-corrected chi connectivity index (χ0v) is 33.2. The second kappa shape index (κ2) is 27.1. The average Bonchev–Trinajstić information content (AvgIpc) is 3.15. The predicted molar refractivity (Wildman–Crippen MR) is 219 cm³/mol. The topological polar surface area (TPSA) is 120 Å². The van der Waals surface area contributed by atoms with E-state index in [9.17, 15) is 9.59 Å². The van der Waals surface area contributed by atoms with Crippen LogP contribution in [0, 0.1) is 10.8 Å². The molecule has 2 aliphatic rings. The minimum atomic E-state index is -0.645. The van der Waals surface area contributed by atoms with Gasteiger partial charge < -0.3 is 25.4 Å². The molecule has 2 unspecified atom stereocenters. The first-order valence-corrected chi connectivity index (χ1v) is 19.1. The number of hydrogen-bond acceptors (Lipinski definition) is 8. The van der Waals surface area contributed by atoms with Gasteiger partial charge in [0.05, 0.1) is 31.6 Å². The fourth-order valence-electron chi connectivity index (χ4n) is 5.64. The number of fused-ring (bicyclic) bond motifs is 5. The molecule has 10 heteroatoms. The molecule has 2 aromatic rings. The summed E-state index contributed by atoms with van der Waals surface area (Å²) < 4.78 is 22.3. The molecular formula is C43H63FN4O5. The van der Waals surface area contributed by atoms with Gasteiger partial charge in [-0.05, 0) is 68.0 Å². The third-order valence-corrected chi connectivity index (χ3v) is 8.40. The summed E-state index contributed by atoms with van der Waals surface area (Å²) in [4.78, 5) is 37.4. The zero-order valence-electron chi connectivity index (χ0n) is 33.2. The minimum Gasteiger partial charge on any atom is -0.482 e. The number of allylic oxidation sites excluding steroid dienone is 4. The second-order valence-corrected chi connectivity index (χ2v) is 12.5. The van der Waals surface area contributed by atoms with Crippen molar-refractivity contribution in [3.05, 3.63) is 101 Å². The van der Waals surface area contributed by atoms with E-state index in [-0.39, 0.29) is 30.0 Å². The van der Waals surface area contributed by atoms with Crippen LogP contribution in [0.5, 0.6) is 5.75 Å². The lowest BCUT2D eigenvalue weighted by molar-refractivity contribution is -0.121. The average molecular weight is 735 g/mol. The maximum absolute atomic E-state index is 15.9. The van der Waals surface area contributed by atoms with Crippen LogP contribution in [-0.2, 0) is 9.59 Å². The lowest BCUT2D eigenvalue weighted by Gasteiger charge is -2.31. The number of nitrogens with zero attached hydrogens (tertiary/aromatic N) is 2. The number of hydrogen-bond donors (Lipinski definition) is 3. The Balaban J connectivity index is 0.00000126. The molecule has 3 N–H and O–H groups in total. The fourth-order valence-corrected chi connectivity index (χ4v) is 5.64. The summed E-state index contributed by atoms with van der Waals surface area (Å²) in [5.74, 6) is -0.435. The molecule has 2 bridgehead atoms. The number of nitrogens with one attached hydrogen (secondary N) is 2. The number of nitroso groups, excluding NO2 is 1. The van der Waals surface area contributed by atoms with Crippen molar-refractivity contribution >= 4 is 28.2 Å². The van der Waals surface area contributed by atoms with Crippen LogP contribution >= 0.6 is 0 Å². The molecule has 2 aromatic carbocycles. The molecule has 0 radical (unpaired) electrons. The highest BCUT2D eigenvalue weighted by Gasteiger charge is 2.32. The van der Waals surface area contributed by atoms with E-state index in [0.29, 0.717) is 30.4 Å². The van der Waals surface area contributed by atoms with E-state index in [4.69, 9.17) is 14.8 Å². The van der Waals surface area contributed by atoms with Gasteiger partial charge in [-0.2, -0.15) is 4.91 Å². The molecule has 2 heterocycles. The monoisotopic (exact) mass is 734 g/mol. The number of rotatable bonds is 14. The lowest BCUT2D eigenvalue weighted by atomic mass is 9.96. The van der Waals surface area contributed by atoms with Crippen LogP contribution in [0.4, 0.5) is 10.1 Å². The van der Waals surface area contributed by atoms with Gasteiger partial charge in [0.15, 0.2) is 5.78 Å². The Bertz CT molecular complexity index is 1580. The van der Waals surface area contributed by atoms with Gasteiger partial charge in [-0.1, -0.05) is 114 Å². The maximum Gasteiger partial charge on any atom is 0.256 e. The Morgan fingerprint density at radius 3 is 2.38 bits per heavy atom. The number of halogens is 1. The number of Topliss-reactive ketones (excluding diaryl/α,β-unsaturated/α-hetero) is 1. The Hall–Kier alpha value is -4.57. The van der Waals surface area contributed by atoms with Crippen molar-refractivity contribution in [2.24, 2.45) is 11.1 Å². The zero-order chi connectivity index (χ0) is 39.6. The van der Waals surface area contributed by atoms with Gasteiger partial charge in [0.2, 0.25) is 0 Å². The Morgan fingerprint density at radius 2 is 1.77 bits per heavy atom. The molecule has 0 spiro atoms. The summed E-state index contributed by atoms with van der Waals surface area (Å²) in [5, 5.41) is 18.4. The quantitative estimate of drug-likeness (QED) is 0.0765. The van der Waals surface area contributed by atoms with Gasteiger partial charge in [0.1, 0.15) is 23.3 Å². The third kappa shape index (κ3) is 15.9. The highest BCUT2D eigenvalue weighted by molar-refractivity contribution is 6.27. The van der Waals surface area contributed by atoms with Gasteiger partial charge in [-0.15, -0.1) is 0 Å². The second-order valence-electron chi connectivity index (χ2n) is 12.5. The summed E-state index contributed by atoms with van der Waals surface area (Å²) in [6.45, 7) is 15.4. The molecule has 2 atom stereocenters. The van der Waals surface area contributed by atoms with Gasteiger partial charge >= 0.3 is 0 Å². The van der Waals surface area contributed by atoms with Gasteiger partial charge in [-0.3, -0.25) is 9.59 Å². The normalized spacial score (nSPS) is 18.0. The Morgan fingerprint density at radius 1 is 1.09 bits per heavy atom. The number of anilines is 1. The first kappa shape index (κ1) is 46.5. The number of benzene rings is 2. The van der Waals surface area contributed by atoms with Crippen molar-refractivity contribution in [3.63, 3.8) is 0 Å². The van der Waals surface area contributed by atoms with Crippen molar-refractivity contribution < 1.29 is 23.8 Å². The molecule has 0 fully saturated rings. The predicted octanol–water partition coefficient (Wildman–Crippen LogP) is 9.63. The highest BCUT2D eigenvalue weighted by atomic mass is 19.1. The number of ketones is 1. The molecule has 53 heavy (non-hydrogen) atoms. The van der Waals surface area contributed by atoms with E-state index in [1.165, 1.54) is 32.4 Å². The molecule has 9 nitrogen and oxygen atoms in total. The summed E-state index contributed by atoms with van der Waals surface area (Å²) >= 11 is 0. The number of carbonyl (C=O) groups excluding carboxylic acids is 2. The first-order chi connectivity index (χ1) is 25.6. The largest absolute Gasteiger partial charge is 0.482 e. The molecule has 0 aromatic heterocycles. The molecule has 0 aliphatic carbocycles. The van der Waals surface area contributed by atoms with E-state index >= 15 is 4.39 Å². The number of ether oxygens (including phenoxy) is 1. The highest BCUT2D eigenvalue weighted by Crippen LogP contribution is 2.38. The van der Waals surface area contributed by atoms with Crippen LogP contribution in [0.15, 0.2) is 101 Å². The van der Waals surface area contributed by atoms with Crippen LogP contribution < -0.4 is 20.3 Å². The fraction of sp³-hybridized carbons (Fsp3) is 0.488. The van der Waals surface area contributed by atoms with E-state index < -0.39 is 23.6 Å². The summed E-state index contributed by atoms with van der Waals surface area (Å²) in [6, 6.07) is 11.9. The molecule has 1 amide bonds. The van der Waals surface area contributed by atoms with Crippen molar-refractivity contribution in [3.8, 4) is 5.75 Å². The van der Waals surface area contributed by atoms with E-state index in [2.05, 4.69) is 48.7 Å². The lowest BCUT2D eigenvalue weighted by Crippen LogP contribution is -2.38. The standard InChI is InChI=1S/C36H46FN3O3.C4H8O.C2H6.CH3NO/c1-5-7-9-13-18-38-34-26(4)43-33-22-28-16-12-11-15-27(28)21-32(33)40-23-29(20-31(34)37)35(41)30(24-40)36(42)39-19-17-25(3)14-10-8-6-2;1-2-3-4-5;1-2;1-2-3/h7,9,11-12,15-16,20-22,24-26,38H,5-6,8,10,13-14,17-19,23H2,1-4H3,(H,39,42);2-3,5H,4H2,1H3;1-2H3;1H3/b9-7+,29-20+,34-31-;3-2-;;. The van der Waals surface area contributed by atoms with Crippen LogP contribution in [0.1, 0.15) is 93.4 Å². The molecular weight excluding hydrogens is 671 g/mol.